The number of halogens is 1. The first-order valence-corrected chi connectivity index (χ1v) is 5.76. The van der Waals surface area contributed by atoms with E-state index < -0.39 is 0 Å². The van der Waals surface area contributed by atoms with Gasteiger partial charge in [-0.2, -0.15) is 0 Å². The molecule has 15 heavy (non-hydrogen) atoms. The van der Waals surface area contributed by atoms with Crippen LogP contribution in [0.3, 0.4) is 0 Å². The van der Waals surface area contributed by atoms with E-state index in [1.165, 1.54) is 5.69 Å². The minimum absolute atomic E-state index is 0.00791. The van der Waals surface area contributed by atoms with Gasteiger partial charge >= 0.3 is 0 Å². The van der Waals surface area contributed by atoms with Crippen molar-refractivity contribution in [2.24, 2.45) is 0 Å². The second-order valence-corrected chi connectivity index (χ2v) is 4.89. The smallest absolute Gasteiger partial charge is 0.106 e. The molecule has 1 aromatic rings. The van der Waals surface area contributed by atoms with E-state index in [9.17, 15) is 0 Å². The first-order chi connectivity index (χ1) is 7.12. The summed E-state index contributed by atoms with van der Waals surface area (Å²) in [5.41, 5.74) is 1.18. The Kier molecular flexibility index (Phi) is 2.89. The number of piperazine rings is 1. The maximum atomic E-state index is 6.30. The summed E-state index contributed by atoms with van der Waals surface area (Å²) >= 11 is 6.30. The first kappa shape index (κ1) is 10.8. The zero-order valence-electron chi connectivity index (χ0n) is 9.20. The van der Waals surface area contributed by atoms with Crippen LogP contribution in [0.15, 0.2) is 30.3 Å². The first-order valence-electron chi connectivity index (χ1n) is 5.32. The molecular formula is C12H17ClN2. The minimum atomic E-state index is -0.0544. The van der Waals surface area contributed by atoms with E-state index >= 15 is 0 Å². The lowest BCUT2D eigenvalue weighted by Crippen LogP contribution is -2.62. The Morgan fingerprint density at radius 3 is 2.67 bits per heavy atom. The molecule has 3 heteroatoms. The highest BCUT2D eigenvalue weighted by Gasteiger charge is 2.37. The van der Waals surface area contributed by atoms with Gasteiger partial charge < -0.3 is 4.90 Å². The molecule has 0 saturated carbocycles. The summed E-state index contributed by atoms with van der Waals surface area (Å²) in [7, 11) is 0. The SMILES string of the molecule is CC1(C)C(Cl)NCCN1c1ccccc1. The molecule has 82 valence electrons. The Balaban J connectivity index is 2.28. The largest absolute Gasteiger partial charge is 0.362 e. The number of para-hydroxylation sites is 1. The molecule has 1 unspecified atom stereocenters. The number of hydrogen-bond donors (Lipinski definition) is 1. The van der Waals surface area contributed by atoms with Gasteiger partial charge in [0.25, 0.3) is 0 Å². The second kappa shape index (κ2) is 4.03. The van der Waals surface area contributed by atoms with E-state index in [-0.39, 0.29) is 11.0 Å². The second-order valence-electron chi connectivity index (χ2n) is 4.46. The molecule has 1 fully saturated rings. The van der Waals surface area contributed by atoms with Crippen molar-refractivity contribution in [2.75, 3.05) is 18.0 Å². The van der Waals surface area contributed by atoms with Crippen molar-refractivity contribution >= 4 is 17.3 Å². The van der Waals surface area contributed by atoms with Crippen LogP contribution in [0.4, 0.5) is 5.69 Å². The molecule has 1 heterocycles. The van der Waals surface area contributed by atoms with Gasteiger partial charge in [-0.15, -0.1) is 11.6 Å². The van der Waals surface area contributed by atoms with Crippen LogP contribution in [0.1, 0.15) is 13.8 Å². The Labute approximate surface area is 96.2 Å². The van der Waals surface area contributed by atoms with Crippen molar-refractivity contribution in [1.82, 2.24) is 5.32 Å². The third-order valence-electron chi connectivity index (χ3n) is 3.04. The van der Waals surface area contributed by atoms with Gasteiger partial charge in [-0.25, -0.2) is 0 Å². The molecule has 0 bridgehead atoms. The molecular weight excluding hydrogens is 208 g/mol. The summed E-state index contributed by atoms with van der Waals surface area (Å²) in [4.78, 5) is 2.36. The van der Waals surface area contributed by atoms with Gasteiger partial charge in [-0.3, -0.25) is 5.32 Å². The van der Waals surface area contributed by atoms with Crippen LogP contribution in [-0.4, -0.2) is 24.1 Å². The van der Waals surface area contributed by atoms with E-state index in [2.05, 4.69) is 48.3 Å². The number of rotatable bonds is 1. The molecule has 0 aliphatic carbocycles. The van der Waals surface area contributed by atoms with Crippen LogP contribution >= 0.6 is 11.6 Å². The summed E-state index contributed by atoms with van der Waals surface area (Å²) in [6, 6.07) is 10.4. The molecule has 0 radical (unpaired) electrons. The lowest BCUT2D eigenvalue weighted by Gasteiger charge is -2.47. The van der Waals surface area contributed by atoms with Crippen LogP contribution in [-0.2, 0) is 0 Å². The quantitative estimate of drug-likeness (QED) is 0.582. The molecule has 1 aliphatic heterocycles. The lowest BCUT2D eigenvalue weighted by atomic mass is 9.98. The van der Waals surface area contributed by atoms with E-state index in [1.54, 1.807) is 0 Å². The van der Waals surface area contributed by atoms with Crippen LogP contribution in [0.2, 0.25) is 0 Å². The summed E-state index contributed by atoms with van der Waals surface area (Å²) < 4.78 is 0. The van der Waals surface area contributed by atoms with Gasteiger partial charge in [-0.05, 0) is 26.0 Å². The third-order valence-corrected chi connectivity index (χ3v) is 3.73. The lowest BCUT2D eigenvalue weighted by molar-refractivity contribution is 0.349. The molecule has 2 rings (SSSR count). The molecule has 1 saturated heterocycles. The van der Waals surface area contributed by atoms with Gasteiger partial charge in [0.05, 0.1) is 5.54 Å². The highest BCUT2D eigenvalue weighted by atomic mass is 35.5. The van der Waals surface area contributed by atoms with Crippen molar-refractivity contribution in [3.8, 4) is 0 Å². The number of anilines is 1. The van der Waals surface area contributed by atoms with E-state index in [0.717, 1.165) is 13.1 Å². The highest BCUT2D eigenvalue weighted by Crippen LogP contribution is 2.29. The monoisotopic (exact) mass is 224 g/mol. The van der Waals surface area contributed by atoms with Crippen molar-refractivity contribution in [3.05, 3.63) is 30.3 Å². The van der Waals surface area contributed by atoms with Gasteiger partial charge in [-0.1, -0.05) is 18.2 Å². The fourth-order valence-corrected chi connectivity index (χ4v) is 2.27. The summed E-state index contributed by atoms with van der Waals surface area (Å²) in [6.07, 6.45) is 0. The molecule has 1 atom stereocenters. The van der Waals surface area contributed by atoms with Gasteiger partial charge in [0.2, 0.25) is 0 Å². The zero-order valence-corrected chi connectivity index (χ0v) is 9.96. The van der Waals surface area contributed by atoms with E-state index in [1.807, 2.05) is 6.07 Å². The molecule has 1 aromatic carbocycles. The van der Waals surface area contributed by atoms with Crippen molar-refractivity contribution in [2.45, 2.75) is 24.9 Å². The minimum Gasteiger partial charge on any atom is -0.362 e. The van der Waals surface area contributed by atoms with E-state index in [0.29, 0.717) is 0 Å². The number of hydrogen-bond acceptors (Lipinski definition) is 2. The normalized spacial score (nSPS) is 25.3. The summed E-state index contributed by atoms with van der Waals surface area (Å²) in [6.45, 7) is 6.28. The van der Waals surface area contributed by atoms with Crippen LogP contribution in [0.25, 0.3) is 0 Å². The zero-order chi connectivity index (χ0) is 10.9. The topological polar surface area (TPSA) is 15.3 Å². The predicted molar refractivity (Wildman–Crippen MR) is 65.5 cm³/mol. The molecule has 0 aromatic heterocycles. The van der Waals surface area contributed by atoms with E-state index in [4.69, 9.17) is 11.6 Å². The van der Waals surface area contributed by atoms with Crippen LogP contribution in [0, 0.1) is 0 Å². The maximum absolute atomic E-state index is 6.30. The number of nitrogens with one attached hydrogen (secondary N) is 1. The molecule has 1 N–H and O–H groups in total. The Bertz CT molecular complexity index is 324. The molecule has 2 nitrogen and oxygen atoms in total. The standard InChI is InChI=1S/C12H17ClN2/c1-12(2)11(13)14-8-9-15(12)10-6-4-3-5-7-10/h3-7,11,14H,8-9H2,1-2H3. The molecule has 0 amide bonds. The fourth-order valence-electron chi connectivity index (χ4n) is 2.05. The maximum Gasteiger partial charge on any atom is 0.106 e. The van der Waals surface area contributed by atoms with Crippen molar-refractivity contribution in [3.63, 3.8) is 0 Å². The highest BCUT2D eigenvalue weighted by molar-refractivity contribution is 6.21. The van der Waals surface area contributed by atoms with Gasteiger partial charge in [0.1, 0.15) is 5.50 Å². The number of nitrogens with zero attached hydrogens (tertiary/aromatic N) is 1. The Hall–Kier alpha value is -0.730. The van der Waals surface area contributed by atoms with Crippen LogP contribution in [0.5, 0.6) is 0 Å². The number of benzene rings is 1. The van der Waals surface area contributed by atoms with Gasteiger partial charge in [0, 0.05) is 18.8 Å². The van der Waals surface area contributed by atoms with Gasteiger partial charge in [0.15, 0.2) is 0 Å². The van der Waals surface area contributed by atoms with Crippen LogP contribution < -0.4 is 10.2 Å². The predicted octanol–water partition coefficient (Wildman–Crippen LogP) is 2.44. The summed E-state index contributed by atoms with van der Waals surface area (Å²) in [5, 5.41) is 3.30. The average molecular weight is 225 g/mol. The average Bonchev–Trinajstić information content (AvgIpc) is 2.23. The Morgan fingerprint density at radius 2 is 2.00 bits per heavy atom. The fraction of sp³-hybridized carbons (Fsp3) is 0.500. The molecule has 1 aliphatic rings. The third kappa shape index (κ3) is 1.97. The van der Waals surface area contributed by atoms with Crippen molar-refractivity contribution in [1.29, 1.82) is 0 Å². The number of alkyl halides is 1. The van der Waals surface area contributed by atoms with Crippen molar-refractivity contribution < 1.29 is 0 Å². The Morgan fingerprint density at radius 1 is 1.33 bits per heavy atom. The summed E-state index contributed by atoms with van der Waals surface area (Å²) in [5.74, 6) is 0. The molecule has 0 spiro atoms.